The number of benzene rings is 1. The quantitative estimate of drug-likeness (QED) is 0.535. The molecule has 2 N–H and O–H groups in total. The van der Waals surface area contributed by atoms with E-state index in [4.69, 9.17) is 4.74 Å². The Morgan fingerprint density at radius 2 is 1.94 bits per heavy atom. The van der Waals surface area contributed by atoms with E-state index in [0.29, 0.717) is 0 Å². The van der Waals surface area contributed by atoms with Crippen molar-refractivity contribution in [3.8, 4) is 11.6 Å². The monoisotopic (exact) mass is 476 g/mol. The second-order valence-electron chi connectivity index (χ2n) is 8.45. The summed E-state index contributed by atoms with van der Waals surface area (Å²) in [4.78, 5) is 15.1. The molecule has 0 saturated heterocycles. The summed E-state index contributed by atoms with van der Waals surface area (Å²) in [6.07, 6.45) is 0.0394. The molecular formula is C22H25FN4O5S. The Balaban J connectivity index is 2.15. The number of rotatable bonds is 7. The number of para-hydroxylation sites is 1. The minimum absolute atomic E-state index is 0.0534. The van der Waals surface area contributed by atoms with E-state index >= 15 is 0 Å². The average molecular weight is 477 g/mol. The zero-order chi connectivity index (χ0) is 24.4. The molecule has 0 radical (unpaired) electrons. The van der Waals surface area contributed by atoms with Crippen LogP contribution in [0.5, 0.6) is 5.88 Å². The van der Waals surface area contributed by atoms with Crippen molar-refractivity contribution in [1.29, 1.82) is 0 Å². The van der Waals surface area contributed by atoms with Crippen molar-refractivity contribution in [2.24, 2.45) is 5.41 Å². The number of hydrogen-bond donors (Lipinski definition) is 2. The number of nitrogens with zero attached hydrogens (tertiary/aromatic N) is 3. The molecule has 0 fully saturated rings. The standard InChI is InChI=1S/C22H25FN4O5S/c1-22(2,3)18(25-21(28)29)11-14-12-20(27(26-14)17-8-6-5-7-16(17)23)33(30,31)15-9-10-19(32-4)24-13-15/h5-10,12-13,18,25H,11H2,1-4H3,(H,28,29). The number of carboxylic acid groups (broad SMARTS) is 1. The second kappa shape index (κ2) is 9.18. The van der Waals surface area contributed by atoms with Gasteiger partial charge in [-0.15, -0.1) is 0 Å². The Hall–Kier alpha value is -3.47. The molecule has 9 nitrogen and oxygen atoms in total. The highest BCUT2D eigenvalue weighted by Gasteiger charge is 2.31. The predicted octanol–water partition coefficient (Wildman–Crippen LogP) is 3.47. The summed E-state index contributed by atoms with van der Waals surface area (Å²) < 4.78 is 47.5. The van der Waals surface area contributed by atoms with Crippen LogP contribution in [0.2, 0.25) is 0 Å². The van der Waals surface area contributed by atoms with E-state index in [-0.39, 0.29) is 33.6 Å². The van der Waals surface area contributed by atoms with Gasteiger partial charge in [0.1, 0.15) is 11.5 Å². The van der Waals surface area contributed by atoms with E-state index in [0.717, 1.165) is 10.9 Å². The lowest BCUT2D eigenvalue weighted by molar-refractivity contribution is 0.174. The number of aromatic nitrogens is 3. The predicted molar refractivity (Wildman–Crippen MR) is 118 cm³/mol. The van der Waals surface area contributed by atoms with Gasteiger partial charge in [0.05, 0.1) is 17.7 Å². The van der Waals surface area contributed by atoms with Gasteiger partial charge in [-0.3, -0.25) is 0 Å². The fraction of sp³-hybridized carbons (Fsp3) is 0.318. The lowest BCUT2D eigenvalue weighted by Crippen LogP contribution is -2.44. The lowest BCUT2D eigenvalue weighted by atomic mass is 9.84. The van der Waals surface area contributed by atoms with E-state index in [9.17, 15) is 22.7 Å². The SMILES string of the molecule is COc1ccc(S(=O)(=O)c2cc(CC(NC(=O)O)C(C)(C)C)nn2-c2ccccc2F)cn1. The summed E-state index contributed by atoms with van der Waals surface area (Å²) in [7, 11) is -2.74. The largest absolute Gasteiger partial charge is 0.481 e. The first-order valence-electron chi connectivity index (χ1n) is 10.0. The highest BCUT2D eigenvalue weighted by Crippen LogP contribution is 2.28. The Kier molecular flexibility index (Phi) is 6.73. The molecule has 0 spiro atoms. The van der Waals surface area contributed by atoms with Gasteiger partial charge in [0.15, 0.2) is 5.03 Å². The van der Waals surface area contributed by atoms with Crippen LogP contribution in [-0.2, 0) is 16.3 Å². The van der Waals surface area contributed by atoms with E-state index in [2.05, 4.69) is 15.4 Å². The van der Waals surface area contributed by atoms with Crippen molar-refractivity contribution in [2.45, 2.75) is 43.2 Å². The molecule has 2 aromatic heterocycles. The Labute approximate surface area is 191 Å². The van der Waals surface area contributed by atoms with Crippen molar-refractivity contribution >= 4 is 15.9 Å². The molecule has 176 valence electrons. The number of nitrogens with one attached hydrogen (secondary N) is 1. The summed E-state index contributed by atoms with van der Waals surface area (Å²) in [6.45, 7) is 5.55. The molecule has 0 bridgehead atoms. The third-order valence-electron chi connectivity index (χ3n) is 5.07. The number of pyridine rings is 1. The fourth-order valence-corrected chi connectivity index (χ4v) is 4.53. The van der Waals surface area contributed by atoms with E-state index in [1.54, 1.807) is 6.07 Å². The van der Waals surface area contributed by atoms with Crippen LogP contribution in [0.4, 0.5) is 9.18 Å². The third kappa shape index (κ3) is 5.30. The van der Waals surface area contributed by atoms with Gasteiger partial charge in [-0.2, -0.15) is 5.10 Å². The summed E-state index contributed by atoms with van der Waals surface area (Å²) in [5.74, 6) is -0.419. The molecule has 3 rings (SSSR count). The number of carbonyl (C=O) groups is 1. The number of ether oxygens (including phenoxy) is 1. The summed E-state index contributed by atoms with van der Waals surface area (Å²) in [6, 6.07) is 9.16. The molecule has 1 unspecified atom stereocenters. The normalized spacial score (nSPS) is 12.9. The van der Waals surface area contributed by atoms with Crippen LogP contribution >= 0.6 is 0 Å². The van der Waals surface area contributed by atoms with Crippen molar-refractivity contribution in [2.75, 3.05) is 7.11 Å². The van der Waals surface area contributed by atoms with Gasteiger partial charge in [-0.1, -0.05) is 32.9 Å². The first-order chi connectivity index (χ1) is 15.4. The molecule has 33 heavy (non-hydrogen) atoms. The number of sulfone groups is 1. The van der Waals surface area contributed by atoms with Crippen LogP contribution in [0.15, 0.2) is 58.6 Å². The minimum atomic E-state index is -4.15. The molecule has 3 aromatic rings. The maximum atomic E-state index is 14.6. The number of amides is 1. The minimum Gasteiger partial charge on any atom is -0.481 e. The number of hydrogen-bond acceptors (Lipinski definition) is 6. The zero-order valence-electron chi connectivity index (χ0n) is 18.6. The van der Waals surface area contributed by atoms with Crippen LogP contribution in [0.1, 0.15) is 26.5 Å². The van der Waals surface area contributed by atoms with Gasteiger partial charge in [0, 0.05) is 24.7 Å². The Morgan fingerprint density at radius 1 is 1.24 bits per heavy atom. The first-order valence-corrected chi connectivity index (χ1v) is 11.5. The first kappa shape index (κ1) is 24.2. The molecule has 1 aromatic carbocycles. The van der Waals surface area contributed by atoms with Crippen LogP contribution in [0.3, 0.4) is 0 Å². The van der Waals surface area contributed by atoms with Crippen molar-refractivity contribution in [3.05, 3.63) is 60.2 Å². The maximum Gasteiger partial charge on any atom is 0.404 e. The molecule has 0 aliphatic heterocycles. The Bertz CT molecular complexity index is 1250. The van der Waals surface area contributed by atoms with Crippen molar-refractivity contribution < 1.29 is 27.4 Å². The maximum absolute atomic E-state index is 14.6. The highest BCUT2D eigenvalue weighted by molar-refractivity contribution is 7.91. The molecule has 0 saturated carbocycles. The highest BCUT2D eigenvalue weighted by atomic mass is 32.2. The summed E-state index contributed by atoms with van der Waals surface area (Å²) >= 11 is 0. The van der Waals surface area contributed by atoms with Crippen molar-refractivity contribution in [3.63, 3.8) is 0 Å². The van der Waals surface area contributed by atoms with Crippen LogP contribution in [0.25, 0.3) is 5.69 Å². The fourth-order valence-electron chi connectivity index (χ4n) is 3.20. The topological polar surface area (TPSA) is 123 Å². The van der Waals surface area contributed by atoms with Gasteiger partial charge in [-0.25, -0.2) is 27.3 Å². The summed E-state index contributed by atoms with van der Waals surface area (Å²) in [5, 5.41) is 15.8. The summed E-state index contributed by atoms with van der Waals surface area (Å²) in [5.41, 5.74) is -0.256. The molecular weight excluding hydrogens is 451 g/mol. The molecule has 0 aliphatic carbocycles. The number of methoxy groups -OCH3 is 1. The molecule has 11 heteroatoms. The second-order valence-corrected chi connectivity index (χ2v) is 10.3. The van der Waals surface area contributed by atoms with Crippen LogP contribution in [0, 0.1) is 11.2 Å². The van der Waals surface area contributed by atoms with Gasteiger partial charge >= 0.3 is 6.09 Å². The Morgan fingerprint density at radius 3 is 2.48 bits per heavy atom. The molecule has 2 heterocycles. The zero-order valence-corrected chi connectivity index (χ0v) is 19.4. The van der Waals surface area contributed by atoms with E-state index in [1.807, 2.05) is 20.8 Å². The smallest absolute Gasteiger partial charge is 0.404 e. The van der Waals surface area contributed by atoms with Crippen LogP contribution < -0.4 is 10.1 Å². The lowest BCUT2D eigenvalue weighted by Gasteiger charge is -2.29. The van der Waals surface area contributed by atoms with Gasteiger partial charge in [-0.05, 0) is 29.7 Å². The van der Waals surface area contributed by atoms with E-state index < -0.39 is 33.2 Å². The van der Waals surface area contributed by atoms with Gasteiger partial charge in [0.25, 0.3) is 0 Å². The van der Waals surface area contributed by atoms with Crippen molar-refractivity contribution in [1.82, 2.24) is 20.1 Å². The third-order valence-corrected chi connectivity index (χ3v) is 6.77. The van der Waals surface area contributed by atoms with Gasteiger partial charge in [0.2, 0.25) is 15.7 Å². The van der Waals surface area contributed by atoms with E-state index in [1.165, 1.54) is 43.5 Å². The molecule has 1 amide bonds. The van der Waals surface area contributed by atoms with Crippen LogP contribution in [-0.4, -0.2) is 47.5 Å². The average Bonchev–Trinajstić information content (AvgIpc) is 3.17. The van der Waals surface area contributed by atoms with Gasteiger partial charge < -0.3 is 15.2 Å². The molecule has 0 aliphatic rings. The number of halogens is 1. The molecule has 1 atom stereocenters.